The van der Waals surface area contributed by atoms with Gasteiger partial charge in [-0.2, -0.15) is 5.10 Å². The van der Waals surface area contributed by atoms with E-state index in [2.05, 4.69) is 20.6 Å². The van der Waals surface area contributed by atoms with Crippen LogP contribution in [0.2, 0.25) is 0 Å². The highest BCUT2D eigenvalue weighted by molar-refractivity contribution is 5.95. The fourth-order valence-electron chi connectivity index (χ4n) is 3.54. The molecule has 2 aromatic heterocycles. The highest BCUT2D eigenvalue weighted by Gasteiger charge is 2.27. The number of fused-ring (bicyclic) bond motifs is 1. The molecule has 2 aliphatic rings. The fraction of sp³-hybridized carbons (Fsp3) is 0.529. The Hall–Kier alpha value is -2.28. The zero-order valence-electron chi connectivity index (χ0n) is 13.7. The van der Waals surface area contributed by atoms with Crippen molar-refractivity contribution in [1.29, 1.82) is 0 Å². The molecule has 0 aliphatic carbocycles. The summed E-state index contributed by atoms with van der Waals surface area (Å²) in [7, 11) is 0. The molecule has 0 bridgehead atoms. The van der Waals surface area contributed by atoms with Gasteiger partial charge in [0.25, 0.3) is 0 Å². The smallest absolute Gasteiger partial charge is 0.228 e. The van der Waals surface area contributed by atoms with Gasteiger partial charge >= 0.3 is 0 Å². The number of hydrogen-bond donors (Lipinski definition) is 2. The average Bonchev–Trinajstić information content (AvgIpc) is 3.25. The first-order valence-corrected chi connectivity index (χ1v) is 8.65. The number of aromatic nitrogens is 2. The minimum absolute atomic E-state index is 0.00727. The summed E-state index contributed by atoms with van der Waals surface area (Å²) in [4.78, 5) is 15.0. The van der Waals surface area contributed by atoms with Crippen LogP contribution in [0.25, 0.3) is 0 Å². The monoisotopic (exact) mass is 329 g/mol. The van der Waals surface area contributed by atoms with Crippen molar-refractivity contribution in [2.24, 2.45) is 5.92 Å². The lowest BCUT2D eigenvalue weighted by atomic mass is 9.97. The molecule has 2 aromatic rings. The molecule has 1 atom stereocenters. The van der Waals surface area contributed by atoms with E-state index in [1.165, 1.54) is 0 Å². The minimum atomic E-state index is 0.00727. The Kier molecular flexibility index (Phi) is 4.25. The molecule has 4 heterocycles. The van der Waals surface area contributed by atoms with Gasteiger partial charge in [-0.3, -0.25) is 9.69 Å². The van der Waals surface area contributed by atoms with Crippen molar-refractivity contribution < 1.29 is 9.21 Å². The number of nitrogens with one attached hydrogen (secondary N) is 2. The van der Waals surface area contributed by atoms with Crippen molar-refractivity contribution in [2.75, 3.05) is 30.3 Å². The van der Waals surface area contributed by atoms with Crippen LogP contribution in [0.4, 0.5) is 11.5 Å². The molecule has 1 saturated heterocycles. The molecule has 0 radical (unpaired) electrons. The van der Waals surface area contributed by atoms with E-state index in [9.17, 15) is 4.79 Å². The van der Waals surface area contributed by atoms with E-state index in [1.54, 1.807) is 12.5 Å². The first kappa shape index (κ1) is 15.3. The molecule has 0 aromatic carbocycles. The maximum absolute atomic E-state index is 12.7. The normalized spacial score (nSPS) is 21.1. The Morgan fingerprint density at radius 3 is 3.25 bits per heavy atom. The standard InChI is InChI=1S/C17H23N5O2/c23-17(20-15-10-19-22-8-3-6-18-16(15)22)13-4-1-7-21(11-13)12-14-5-2-9-24-14/h2,5,9-10,13,18H,1,3-4,6-8,11-12H2,(H,20,23). The van der Waals surface area contributed by atoms with Gasteiger partial charge in [-0.05, 0) is 37.9 Å². The Morgan fingerprint density at radius 1 is 1.42 bits per heavy atom. The first-order chi connectivity index (χ1) is 11.8. The van der Waals surface area contributed by atoms with Crippen molar-refractivity contribution in [1.82, 2.24) is 14.7 Å². The summed E-state index contributed by atoms with van der Waals surface area (Å²) in [5, 5.41) is 10.7. The first-order valence-electron chi connectivity index (χ1n) is 8.65. The average molecular weight is 329 g/mol. The van der Waals surface area contributed by atoms with Crippen LogP contribution >= 0.6 is 0 Å². The van der Waals surface area contributed by atoms with Gasteiger partial charge < -0.3 is 15.1 Å². The van der Waals surface area contributed by atoms with Crippen molar-refractivity contribution in [3.8, 4) is 0 Å². The van der Waals surface area contributed by atoms with Crippen molar-refractivity contribution >= 4 is 17.4 Å². The van der Waals surface area contributed by atoms with Crippen LogP contribution in [0.15, 0.2) is 29.0 Å². The Morgan fingerprint density at radius 2 is 2.38 bits per heavy atom. The number of anilines is 2. The highest BCUT2D eigenvalue weighted by atomic mass is 16.3. The van der Waals surface area contributed by atoms with Crippen LogP contribution in [0.3, 0.4) is 0 Å². The van der Waals surface area contributed by atoms with Crippen LogP contribution in [0.1, 0.15) is 25.0 Å². The molecule has 2 N–H and O–H groups in total. The molecule has 1 amide bonds. The maximum Gasteiger partial charge on any atom is 0.228 e. The van der Waals surface area contributed by atoms with Crippen LogP contribution in [-0.2, 0) is 17.9 Å². The number of rotatable bonds is 4. The summed E-state index contributed by atoms with van der Waals surface area (Å²) >= 11 is 0. The molecular formula is C17H23N5O2. The second-order valence-corrected chi connectivity index (χ2v) is 6.55. The number of hydrogen-bond acceptors (Lipinski definition) is 5. The third kappa shape index (κ3) is 3.17. The Bertz CT molecular complexity index is 694. The molecule has 7 heteroatoms. The second-order valence-electron chi connectivity index (χ2n) is 6.55. The predicted molar refractivity (Wildman–Crippen MR) is 90.7 cm³/mol. The Balaban J connectivity index is 1.38. The van der Waals surface area contributed by atoms with Gasteiger partial charge in [0.15, 0.2) is 0 Å². The predicted octanol–water partition coefficient (Wildman–Crippen LogP) is 2.14. The van der Waals surface area contributed by atoms with E-state index in [0.29, 0.717) is 0 Å². The van der Waals surface area contributed by atoms with E-state index in [0.717, 1.165) is 69.3 Å². The molecule has 0 spiro atoms. The van der Waals surface area contributed by atoms with Crippen molar-refractivity contribution in [3.05, 3.63) is 30.4 Å². The van der Waals surface area contributed by atoms with Gasteiger partial charge in [-0.25, -0.2) is 4.68 Å². The van der Waals surface area contributed by atoms with Gasteiger partial charge in [0.2, 0.25) is 5.91 Å². The minimum Gasteiger partial charge on any atom is -0.468 e. The van der Waals surface area contributed by atoms with Gasteiger partial charge in [-0.1, -0.05) is 0 Å². The summed E-state index contributed by atoms with van der Waals surface area (Å²) in [5.74, 6) is 1.97. The molecule has 24 heavy (non-hydrogen) atoms. The molecule has 2 aliphatic heterocycles. The molecule has 128 valence electrons. The summed E-state index contributed by atoms with van der Waals surface area (Å²) in [6, 6.07) is 3.88. The van der Waals surface area contributed by atoms with Gasteiger partial charge in [0.1, 0.15) is 17.3 Å². The number of carbonyl (C=O) groups is 1. The number of piperidine rings is 1. The van der Waals surface area contributed by atoms with E-state index >= 15 is 0 Å². The van der Waals surface area contributed by atoms with Crippen LogP contribution in [0.5, 0.6) is 0 Å². The summed E-state index contributed by atoms with van der Waals surface area (Å²) in [6.07, 6.45) is 6.46. The number of carbonyl (C=O) groups excluding carboxylic acids is 1. The number of likely N-dealkylation sites (tertiary alicyclic amines) is 1. The van der Waals surface area contributed by atoms with Gasteiger partial charge in [-0.15, -0.1) is 0 Å². The second kappa shape index (κ2) is 6.68. The van der Waals surface area contributed by atoms with E-state index in [-0.39, 0.29) is 11.8 Å². The van der Waals surface area contributed by atoms with Crippen LogP contribution < -0.4 is 10.6 Å². The van der Waals surface area contributed by atoms with Gasteiger partial charge in [0.05, 0.1) is 24.9 Å². The highest BCUT2D eigenvalue weighted by Crippen LogP contribution is 2.26. The number of amides is 1. The zero-order valence-corrected chi connectivity index (χ0v) is 13.7. The van der Waals surface area contributed by atoms with E-state index in [4.69, 9.17) is 4.42 Å². The lowest BCUT2D eigenvalue weighted by molar-refractivity contribution is -0.121. The van der Waals surface area contributed by atoms with E-state index in [1.807, 2.05) is 16.8 Å². The number of furan rings is 1. The maximum atomic E-state index is 12.7. The SMILES string of the molecule is O=C(Nc1cnn2c1NCCC2)C1CCCN(Cc2ccco2)C1. The summed E-state index contributed by atoms with van der Waals surface area (Å²) in [6.45, 7) is 4.37. The van der Waals surface area contributed by atoms with Crippen LogP contribution in [0, 0.1) is 5.92 Å². The number of aryl methyl sites for hydroxylation is 1. The lowest BCUT2D eigenvalue weighted by Gasteiger charge is -2.31. The van der Waals surface area contributed by atoms with Crippen molar-refractivity contribution in [2.45, 2.75) is 32.4 Å². The van der Waals surface area contributed by atoms with Crippen LogP contribution in [-0.4, -0.2) is 40.2 Å². The molecule has 0 saturated carbocycles. The quantitative estimate of drug-likeness (QED) is 0.899. The fourth-order valence-corrected chi connectivity index (χ4v) is 3.54. The third-order valence-electron chi connectivity index (χ3n) is 4.77. The zero-order chi connectivity index (χ0) is 16.4. The topological polar surface area (TPSA) is 75.3 Å². The van der Waals surface area contributed by atoms with E-state index < -0.39 is 0 Å². The molecule has 1 fully saturated rings. The molecule has 1 unspecified atom stereocenters. The van der Waals surface area contributed by atoms with Crippen molar-refractivity contribution in [3.63, 3.8) is 0 Å². The summed E-state index contributed by atoms with van der Waals surface area (Å²) < 4.78 is 7.34. The lowest BCUT2D eigenvalue weighted by Crippen LogP contribution is -2.40. The van der Waals surface area contributed by atoms with Gasteiger partial charge in [0, 0.05) is 19.6 Å². The number of nitrogens with zero attached hydrogens (tertiary/aromatic N) is 3. The molecule has 7 nitrogen and oxygen atoms in total. The Labute approximate surface area is 141 Å². The summed E-state index contributed by atoms with van der Waals surface area (Å²) in [5.41, 5.74) is 0.794. The third-order valence-corrected chi connectivity index (χ3v) is 4.77. The molecular weight excluding hydrogens is 306 g/mol. The molecule has 4 rings (SSSR count). The largest absolute Gasteiger partial charge is 0.468 e.